The molecule has 0 unspecified atom stereocenters. The molecule has 0 spiro atoms. The standard InChI is InChI=1S/C19H24O2/c1-6-15-8-10-18(21-15)19(20)16-9-7-14(12(2)3)11-17(16)13(4)5/h7-13H,6H2,1-5H3. The van der Waals surface area contributed by atoms with Gasteiger partial charge in [-0.1, -0.05) is 52.8 Å². The lowest BCUT2D eigenvalue weighted by Crippen LogP contribution is -2.07. The van der Waals surface area contributed by atoms with Gasteiger partial charge in [-0.15, -0.1) is 0 Å². The summed E-state index contributed by atoms with van der Waals surface area (Å²) in [5.41, 5.74) is 3.12. The minimum absolute atomic E-state index is 0.0197. The van der Waals surface area contributed by atoms with Crippen LogP contribution in [0.5, 0.6) is 0 Å². The van der Waals surface area contributed by atoms with Crippen molar-refractivity contribution in [1.82, 2.24) is 0 Å². The highest BCUT2D eigenvalue weighted by Crippen LogP contribution is 2.27. The van der Waals surface area contributed by atoms with E-state index >= 15 is 0 Å². The second kappa shape index (κ2) is 6.30. The first-order chi connectivity index (χ1) is 9.93. The van der Waals surface area contributed by atoms with E-state index in [1.165, 1.54) is 5.56 Å². The first kappa shape index (κ1) is 15.6. The SMILES string of the molecule is CCc1ccc(C(=O)c2ccc(C(C)C)cc2C(C)C)o1. The molecule has 0 aliphatic rings. The first-order valence-electron chi connectivity index (χ1n) is 7.71. The smallest absolute Gasteiger partial charge is 0.228 e. The van der Waals surface area contributed by atoms with Gasteiger partial charge < -0.3 is 4.42 Å². The molecule has 0 saturated heterocycles. The van der Waals surface area contributed by atoms with E-state index in [4.69, 9.17) is 4.42 Å². The lowest BCUT2D eigenvalue weighted by Gasteiger charge is -2.15. The van der Waals surface area contributed by atoms with Crippen LogP contribution >= 0.6 is 0 Å². The molecule has 21 heavy (non-hydrogen) atoms. The molecule has 2 rings (SSSR count). The van der Waals surface area contributed by atoms with Crippen LogP contribution in [0.3, 0.4) is 0 Å². The molecule has 1 aromatic carbocycles. The van der Waals surface area contributed by atoms with Gasteiger partial charge in [0.25, 0.3) is 0 Å². The molecule has 2 heteroatoms. The Balaban J connectivity index is 2.44. The summed E-state index contributed by atoms with van der Waals surface area (Å²) < 4.78 is 5.61. The van der Waals surface area contributed by atoms with Crippen LogP contribution in [-0.2, 0) is 6.42 Å². The summed E-state index contributed by atoms with van der Waals surface area (Å²) in [6, 6.07) is 9.81. The Labute approximate surface area is 127 Å². The van der Waals surface area contributed by atoms with Crippen LogP contribution in [-0.4, -0.2) is 5.78 Å². The Morgan fingerprint density at radius 2 is 1.76 bits per heavy atom. The molecule has 1 heterocycles. The summed E-state index contributed by atoms with van der Waals surface area (Å²) >= 11 is 0. The van der Waals surface area contributed by atoms with Crippen LogP contribution < -0.4 is 0 Å². The van der Waals surface area contributed by atoms with Crippen molar-refractivity contribution in [3.05, 3.63) is 58.5 Å². The van der Waals surface area contributed by atoms with Gasteiger partial charge in [-0.3, -0.25) is 4.79 Å². The quantitative estimate of drug-likeness (QED) is 0.695. The Hall–Kier alpha value is -1.83. The van der Waals surface area contributed by atoms with Gasteiger partial charge in [-0.05, 0) is 35.1 Å². The number of benzene rings is 1. The Kier molecular flexibility index (Phi) is 4.66. The van der Waals surface area contributed by atoms with Crippen molar-refractivity contribution < 1.29 is 9.21 Å². The molecule has 0 aliphatic heterocycles. The lowest BCUT2D eigenvalue weighted by atomic mass is 9.89. The van der Waals surface area contributed by atoms with Gasteiger partial charge in [-0.25, -0.2) is 0 Å². The zero-order chi connectivity index (χ0) is 15.6. The normalized spacial score (nSPS) is 11.4. The van der Waals surface area contributed by atoms with Gasteiger partial charge in [-0.2, -0.15) is 0 Å². The first-order valence-corrected chi connectivity index (χ1v) is 7.71. The summed E-state index contributed by atoms with van der Waals surface area (Å²) in [6.45, 7) is 10.6. The number of hydrogen-bond acceptors (Lipinski definition) is 2. The van der Waals surface area contributed by atoms with Crippen LogP contribution in [0.2, 0.25) is 0 Å². The largest absolute Gasteiger partial charge is 0.458 e. The molecular weight excluding hydrogens is 260 g/mol. The number of aryl methyl sites for hydroxylation is 1. The molecule has 0 fully saturated rings. The van der Waals surface area contributed by atoms with Crippen molar-refractivity contribution in [2.75, 3.05) is 0 Å². The summed E-state index contributed by atoms with van der Waals surface area (Å²) in [5, 5.41) is 0. The van der Waals surface area contributed by atoms with Crippen LogP contribution in [0.25, 0.3) is 0 Å². The van der Waals surface area contributed by atoms with Gasteiger partial charge in [0, 0.05) is 12.0 Å². The van der Waals surface area contributed by atoms with Crippen molar-refractivity contribution in [1.29, 1.82) is 0 Å². The fourth-order valence-corrected chi connectivity index (χ4v) is 2.45. The van der Waals surface area contributed by atoms with Crippen LogP contribution in [0, 0.1) is 0 Å². The van der Waals surface area contributed by atoms with E-state index in [9.17, 15) is 4.79 Å². The highest BCUT2D eigenvalue weighted by molar-refractivity contribution is 6.08. The van der Waals surface area contributed by atoms with Crippen LogP contribution in [0.15, 0.2) is 34.7 Å². The predicted molar refractivity (Wildman–Crippen MR) is 86.1 cm³/mol. The van der Waals surface area contributed by atoms with Crippen molar-refractivity contribution >= 4 is 5.78 Å². The topological polar surface area (TPSA) is 30.2 Å². The average molecular weight is 284 g/mol. The summed E-state index contributed by atoms with van der Waals surface area (Å²) in [6.07, 6.45) is 0.802. The van der Waals surface area contributed by atoms with E-state index in [1.807, 2.05) is 25.1 Å². The molecule has 0 N–H and O–H groups in total. The third kappa shape index (κ3) is 3.26. The van der Waals surface area contributed by atoms with Gasteiger partial charge in [0.2, 0.25) is 5.78 Å². The highest BCUT2D eigenvalue weighted by atomic mass is 16.3. The molecule has 0 bridgehead atoms. The predicted octanol–water partition coefficient (Wildman–Crippen LogP) is 5.32. The Morgan fingerprint density at radius 1 is 1.05 bits per heavy atom. The van der Waals surface area contributed by atoms with Gasteiger partial charge in [0.05, 0.1) is 0 Å². The number of ketones is 1. The number of hydrogen-bond donors (Lipinski definition) is 0. The van der Waals surface area contributed by atoms with Crippen LogP contribution in [0.4, 0.5) is 0 Å². The van der Waals surface area contributed by atoms with Gasteiger partial charge >= 0.3 is 0 Å². The summed E-state index contributed by atoms with van der Waals surface area (Å²) in [7, 11) is 0. The molecular formula is C19H24O2. The maximum Gasteiger partial charge on any atom is 0.228 e. The maximum absolute atomic E-state index is 12.7. The van der Waals surface area contributed by atoms with E-state index in [-0.39, 0.29) is 5.78 Å². The van der Waals surface area contributed by atoms with Crippen molar-refractivity contribution in [2.24, 2.45) is 0 Å². The van der Waals surface area contributed by atoms with E-state index in [1.54, 1.807) is 6.07 Å². The number of rotatable bonds is 5. The van der Waals surface area contributed by atoms with Crippen molar-refractivity contribution in [2.45, 2.75) is 52.9 Å². The second-order valence-corrected chi connectivity index (χ2v) is 6.10. The fraction of sp³-hybridized carbons (Fsp3) is 0.421. The average Bonchev–Trinajstić information content (AvgIpc) is 2.94. The maximum atomic E-state index is 12.7. The number of carbonyl (C=O) groups excluding carboxylic acids is 1. The Morgan fingerprint density at radius 3 is 2.29 bits per heavy atom. The molecule has 0 aliphatic carbocycles. The van der Waals surface area contributed by atoms with Crippen LogP contribution in [0.1, 0.15) is 79.5 Å². The highest BCUT2D eigenvalue weighted by Gasteiger charge is 2.19. The molecule has 0 amide bonds. The molecule has 0 atom stereocenters. The van der Waals surface area contributed by atoms with E-state index < -0.39 is 0 Å². The third-order valence-corrected chi connectivity index (χ3v) is 3.84. The third-order valence-electron chi connectivity index (χ3n) is 3.84. The van der Waals surface area contributed by atoms with E-state index in [0.717, 1.165) is 23.3 Å². The molecule has 2 nitrogen and oxygen atoms in total. The number of carbonyl (C=O) groups is 1. The second-order valence-electron chi connectivity index (χ2n) is 6.10. The van der Waals surface area contributed by atoms with Crippen molar-refractivity contribution in [3.63, 3.8) is 0 Å². The van der Waals surface area contributed by atoms with Gasteiger partial charge in [0.1, 0.15) is 5.76 Å². The molecule has 1 aromatic heterocycles. The lowest BCUT2D eigenvalue weighted by molar-refractivity contribution is 0.101. The molecule has 2 aromatic rings. The summed E-state index contributed by atoms with van der Waals surface area (Å²) in [5.74, 6) is 2.04. The molecule has 0 saturated carbocycles. The molecule has 112 valence electrons. The monoisotopic (exact) mass is 284 g/mol. The van der Waals surface area contributed by atoms with Crippen molar-refractivity contribution in [3.8, 4) is 0 Å². The van der Waals surface area contributed by atoms with E-state index in [2.05, 4.69) is 33.8 Å². The number of furan rings is 1. The zero-order valence-corrected chi connectivity index (χ0v) is 13.6. The molecule has 0 radical (unpaired) electrons. The van der Waals surface area contributed by atoms with Gasteiger partial charge in [0.15, 0.2) is 5.76 Å². The summed E-state index contributed by atoms with van der Waals surface area (Å²) in [4.78, 5) is 12.7. The zero-order valence-electron chi connectivity index (χ0n) is 13.6. The van der Waals surface area contributed by atoms with E-state index in [0.29, 0.717) is 17.6 Å². The minimum atomic E-state index is -0.0197. The Bertz CT molecular complexity index is 633. The minimum Gasteiger partial charge on any atom is -0.458 e. The fourth-order valence-electron chi connectivity index (χ4n) is 2.45.